The van der Waals surface area contributed by atoms with E-state index in [9.17, 15) is 39.3 Å². The van der Waals surface area contributed by atoms with Crippen LogP contribution >= 0.6 is 0 Å². The summed E-state index contributed by atoms with van der Waals surface area (Å²) in [5.41, 5.74) is 1.26. The molecule has 4 aliphatic rings. The van der Waals surface area contributed by atoms with Crippen molar-refractivity contribution in [3.8, 4) is 0 Å². The van der Waals surface area contributed by atoms with E-state index in [4.69, 9.17) is 28.4 Å². The van der Waals surface area contributed by atoms with E-state index in [-0.39, 0.29) is 74.1 Å². The third kappa shape index (κ3) is 15.3. The number of ether oxygens (including phenoxy) is 6. The van der Waals surface area contributed by atoms with E-state index in [0.717, 1.165) is 12.0 Å². The van der Waals surface area contributed by atoms with Gasteiger partial charge in [0.1, 0.15) is 30.1 Å². The average molecular weight is 958 g/mol. The predicted octanol–water partition coefficient (Wildman–Crippen LogP) is 6.20. The van der Waals surface area contributed by atoms with Crippen molar-refractivity contribution in [3.63, 3.8) is 0 Å². The Bertz CT molecular complexity index is 1810. The van der Waals surface area contributed by atoms with Crippen molar-refractivity contribution in [1.29, 1.82) is 0 Å². The first kappa shape index (κ1) is 57.2. The lowest BCUT2D eigenvalue weighted by Crippen LogP contribution is -2.61. The van der Waals surface area contributed by atoms with Gasteiger partial charge in [-0.25, -0.2) is 4.79 Å². The van der Waals surface area contributed by atoms with Crippen molar-refractivity contribution in [2.24, 2.45) is 35.5 Å². The third-order valence-corrected chi connectivity index (χ3v) is 14.9. The van der Waals surface area contributed by atoms with Crippen molar-refractivity contribution >= 4 is 29.2 Å². The number of allylic oxidation sites excluding steroid dienone is 6. The molecule has 384 valence electrons. The number of esters is 1. The number of amides is 1. The molecule has 3 N–H and O–H groups in total. The van der Waals surface area contributed by atoms with E-state index in [2.05, 4.69) is 0 Å². The number of rotatable bonds is 9. The van der Waals surface area contributed by atoms with Gasteiger partial charge in [-0.05, 0) is 107 Å². The van der Waals surface area contributed by atoms with Gasteiger partial charge in [0, 0.05) is 58.5 Å². The number of aliphatic hydroxyl groups excluding tert-OH is 2. The Balaban J connectivity index is 1.70. The lowest BCUT2D eigenvalue weighted by molar-refractivity contribution is -0.265. The molecule has 0 radical (unpaired) electrons. The minimum absolute atomic E-state index is 0.0158. The van der Waals surface area contributed by atoms with Crippen LogP contribution in [0.25, 0.3) is 0 Å². The SMILES string of the molecule is COC1CC2CCC(C)C(O)(O2)C(=O)C(=O)N2CCCC[C@H]2C(=O)OC(C(C)CC2CCC(OCCO)C(OC)C2)CC(=O)C(C)/C=C(/C)C(O)C(OC)C(=O)C(C)CC(C)/C=C/C=C/C=C\1C. The van der Waals surface area contributed by atoms with Crippen molar-refractivity contribution in [2.45, 2.75) is 180 Å². The smallest absolute Gasteiger partial charge is 0.329 e. The van der Waals surface area contributed by atoms with Crippen molar-refractivity contribution in [3.05, 3.63) is 47.6 Å². The molecule has 0 aromatic carbocycles. The number of cyclic esters (lactones) is 1. The third-order valence-electron chi connectivity index (χ3n) is 14.9. The van der Waals surface area contributed by atoms with Gasteiger partial charge >= 0.3 is 5.97 Å². The summed E-state index contributed by atoms with van der Waals surface area (Å²) in [6.07, 6.45) is 12.0. The number of carbonyl (C=O) groups is 5. The molecule has 3 fully saturated rings. The Kier molecular flexibility index (Phi) is 22.9. The Labute approximate surface area is 405 Å². The number of fused-ring (bicyclic) bond motifs is 3. The van der Waals surface area contributed by atoms with E-state index < -0.39 is 77.8 Å². The molecule has 3 aliphatic heterocycles. The van der Waals surface area contributed by atoms with Crippen LogP contribution in [0.2, 0.25) is 0 Å². The largest absolute Gasteiger partial charge is 0.460 e. The summed E-state index contributed by atoms with van der Waals surface area (Å²) >= 11 is 0. The summed E-state index contributed by atoms with van der Waals surface area (Å²) in [4.78, 5) is 72.1. The molecule has 0 spiro atoms. The number of hydrogen-bond acceptors (Lipinski definition) is 14. The molecule has 2 saturated heterocycles. The molecule has 3 heterocycles. The van der Waals surface area contributed by atoms with Crippen LogP contribution in [0, 0.1) is 35.5 Å². The maximum absolute atomic E-state index is 14.5. The van der Waals surface area contributed by atoms with E-state index in [1.54, 1.807) is 41.1 Å². The highest BCUT2D eigenvalue weighted by Crippen LogP contribution is 2.38. The van der Waals surface area contributed by atoms with Gasteiger partial charge < -0.3 is 48.6 Å². The van der Waals surface area contributed by atoms with Gasteiger partial charge in [-0.15, -0.1) is 0 Å². The molecular formula is C53H83NO14. The molecule has 2 bridgehead atoms. The first-order valence-electron chi connectivity index (χ1n) is 25.0. The molecule has 68 heavy (non-hydrogen) atoms. The van der Waals surface area contributed by atoms with E-state index in [0.29, 0.717) is 63.4 Å². The van der Waals surface area contributed by atoms with Gasteiger partial charge in [0.15, 0.2) is 5.78 Å². The van der Waals surface area contributed by atoms with Crippen LogP contribution in [0.5, 0.6) is 0 Å². The van der Waals surface area contributed by atoms with Crippen LogP contribution in [-0.4, -0.2) is 145 Å². The van der Waals surface area contributed by atoms with Crippen molar-refractivity contribution < 1.29 is 67.7 Å². The Morgan fingerprint density at radius 2 is 1.59 bits per heavy atom. The molecule has 14 unspecified atom stereocenters. The standard InChI is InChI=1S/C53H83NO14/c1-32-16-12-11-13-17-33(2)44(63-8)30-40-21-19-38(7)53(62,68-40)50(59)51(60)54-23-15-14-18-41(54)52(61)67-45(35(4)28-39-20-22-43(66-25-24-55)46(29-39)64-9)31-42(56)34(3)27-37(6)48(58)49(65-10)47(57)36(5)26-32/h11-13,16-17,27,32,34-36,38-41,43-46,48-49,55,58,62H,14-15,18-26,28-31H2,1-10H3/b13-11+,16-12+,33-17-,37-27-/t32?,34?,35?,36?,38?,39?,40?,41-,43?,44?,45?,46?,48?,49?,53?/m0/s1. The fourth-order valence-electron chi connectivity index (χ4n) is 10.5. The molecule has 15 heteroatoms. The van der Waals surface area contributed by atoms with Crippen LogP contribution in [0.15, 0.2) is 47.6 Å². The number of Topliss-reactive ketones (excluding diaryl/α,β-unsaturated/α-hetero) is 3. The number of hydrogen-bond donors (Lipinski definition) is 3. The van der Waals surface area contributed by atoms with Crippen molar-refractivity contribution in [2.75, 3.05) is 41.1 Å². The fraction of sp³-hybridized carbons (Fsp3) is 0.755. The highest BCUT2D eigenvalue weighted by atomic mass is 16.6. The monoisotopic (exact) mass is 958 g/mol. The molecule has 1 aliphatic carbocycles. The van der Waals surface area contributed by atoms with E-state index in [1.807, 2.05) is 58.1 Å². The molecule has 15 atom stereocenters. The summed E-state index contributed by atoms with van der Waals surface area (Å²) in [7, 11) is 4.58. The molecule has 0 aromatic heterocycles. The number of methoxy groups -OCH3 is 3. The number of piperidine rings is 1. The zero-order valence-corrected chi connectivity index (χ0v) is 42.4. The van der Waals surface area contributed by atoms with Gasteiger partial charge in [0.25, 0.3) is 11.7 Å². The minimum atomic E-state index is -2.43. The molecule has 0 aromatic rings. The molecular weight excluding hydrogens is 875 g/mol. The second-order valence-corrected chi connectivity index (χ2v) is 20.2. The normalized spacial score (nSPS) is 39.2. The minimum Gasteiger partial charge on any atom is -0.460 e. The van der Waals surface area contributed by atoms with Gasteiger partial charge in [-0.2, -0.15) is 0 Å². The molecule has 1 amide bonds. The maximum Gasteiger partial charge on any atom is 0.329 e. The number of nitrogens with zero attached hydrogens (tertiary/aromatic N) is 1. The summed E-state index contributed by atoms with van der Waals surface area (Å²) in [6, 6.07) is -1.14. The first-order chi connectivity index (χ1) is 32.3. The molecule has 4 rings (SSSR count). The topological polar surface area (TPSA) is 205 Å². The van der Waals surface area contributed by atoms with E-state index >= 15 is 0 Å². The van der Waals surface area contributed by atoms with Crippen LogP contribution in [0.3, 0.4) is 0 Å². The highest BCUT2D eigenvalue weighted by molar-refractivity contribution is 6.39. The van der Waals surface area contributed by atoms with E-state index in [1.165, 1.54) is 12.0 Å². The second kappa shape index (κ2) is 27.3. The van der Waals surface area contributed by atoms with Gasteiger partial charge in [-0.3, -0.25) is 19.2 Å². The lowest BCUT2D eigenvalue weighted by Gasteiger charge is -2.42. The van der Waals surface area contributed by atoms with Gasteiger partial charge in [0.05, 0.1) is 37.6 Å². The fourth-order valence-corrected chi connectivity index (χ4v) is 10.5. The highest BCUT2D eigenvalue weighted by Gasteiger charge is 2.53. The number of ketones is 3. The second-order valence-electron chi connectivity index (χ2n) is 20.2. The number of aliphatic hydroxyl groups is 3. The summed E-state index contributed by atoms with van der Waals surface area (Å²) < 4.78 is 35.6. The Morgan fingerprint density at radius 1 is 0.853 bits per heavy atom. The first-order valence-corrected chi connectivity index (χ1v) is 25.0. The quantitative estimate of drug-likeness (QED) is 0.134. The zero-order valence-electron chi connectivity index (χ0n) is 42.4. The van der Waals surface area contributed by atoms with Crippen LogP contribution in [0.4, 0.5) is 0 Å². The lowest BCUT2D eigenvalue weighted by atomic mass is 9.78. The average Bonchev–Trinajstić information content (AvgIpc) is 3.32. The summed E-state index contributed by atoms with van der Waals surface area (Å²) in [5, 5.41) is 32.8. The van der Waals surface area contributed by atoms with Gasteiger partial charge in [0.2, 0.25) is 5.79 Å². The predicted molar refractivity (Wildman–Crippen MR) is 256 cm³/mol. The molecule has 1 saturated carbocycles. The molecule has 15 nitrogen and oxygen atoms in total. The van der Waals surface area contributed by atoms with Crippen LogP contribution in [0.1, 0.15) is 126 Å². The van der Waals surface area contributed by atoms with Gasteiger partial charge in [-0.1, -0.05) is 71.1 Å². The summed E-state index contributed by atoms with van der Waals surface area (Å²) in [5.74, 6) is -7.96. The Hall–Kier alpha value is -3.41. The van der Waals surface area contributed by atoms with Crippen LogP contribution in [-0.2, 0) is 52.4 Å². The van der Waals surface area contributed by atoms with Crippen LogP contribution < -0.4 is 0 Å². The number of carbonyl (C=O) groups excluding carboxylic acids is 5. The Morgan fingerprint density at radius 3 is 2.26 bits per heavy atom. The maximum atomic E-state index is 14.5. The zero-order chi connectivity index (χ0) is 50.3. The summed E-state index contributed by atoms with van der Waals surface area (Å²) in [6.45, 7) is 12.9. The van der Waals surface area contributed by atoms with Crippen molar-refractivity contribution in [1.82, 2.24) is 4.90 Å².